The van der Waals surface area contributed by atoms with Crippen molar-refractivity contribution in [3.8, 4) is 0 Å². The second kappa shape index (κ2) is 11.5. The number of ether oxygens (including phenoxy) is 1. The van der Waals surface area contributed by atoms with Gasteiger partial charge in [0.15, 0.2) is 5.78 Å². The number of hydrogen-bond acceptors (Lipinski definition) is 4. The highest BCUT2D eigenvalue weighted by Gasteiger charge is 2.33. The summed E-state index contributed by atoms with van der Waals surface area (Å²) in [7, 11) is 1.42. The Morgan fingerprint density at radius 2 is 1.80 bits per heavy atom. The third-order valence-electron chi connectivity index (χ3n) is 7.66. The van der Waals surface area contributed by atoms with Gasteiger partial charge in [-0.1, -0.05) is 44.2 Å². The molecule has 2 unspecified atom stereocenters. The molecule has 4 rings (SSSR count). The van der Waals surface area contributed by atoms with Gasteiger partial charge in [-0.2, -0.15) is 0 Å². The number of carbonyl (C=O) groups is 2. The van der Waals surface area contributed by atoms with E-state index < -0.39 is 0 Å². The Morgan fingerprint density at radius 3 is 2.46 bits per heavy atom. The van der Waals surface area contributed by atoms with Gasteiger partial charge in [0.2, 0.25) is 0 Å². The summed E-state index contributed by atoms with van der Waals surface area (Å²) < 4.78 is 17.3. The molecule has 2 aromatic carbocycles. The number of rotatable bonds is 9. The second-order valence-electron chi connectivity index (χ2n) is 10.6. The molecule has 0 bridgehead atoms. The van der Waals surface area contributed by atoms with Crippen LogP contribution in [0.2, 0.25) is 0 Å². The van der Waals surface area contributed by atoms with Crippen molar-refractivity contribution >= 4 is 11.8 Å². The molecular formula is C30H38FNO3. The van der Waals surface area contributed by atoms with E-state index in [9.17, 15) is 14.0 Å². The fourth-order valence-electron chi connectivity index (χ4n) is 5.95. The van der Waals surface area contributed by atoms with E-state index in [-0.39, 0.29) is 30.3 Å². The maximum atomic E-state index is 13.0. The zero-order valence-corrected chi connectivity index (χ0v) is 21.3. The largest absolute Gasteiger partial charge is 0.465 e. The lowest BCUT2D eigenvalue weighted by Crippen LogP contribution is -2.50. The molecule has 188 valence electrons. The number of carbonyl (C=O) groups excluding carboxylic acids is 2. The average molecular weight is 480 g/mol. The lowest BCUT2D eigenvalue weighted by molar-refractivity contribution is 0.0597. The van der Waals surface area contributed by atoms with E-state index in [1.54, 1.807) is 0 Å². The Bertz CT molecular complexity index is 1030. The number of halogens is 1. The normalized spacial score (nSPS) is 20.7. The molecule has 0 N–H and O–H groups in total. The Hall–Kier alpha value is -2.53. The van der Waals surface area contributed by atoms with Gasteiger partial charge in [0.25, 0.3) is 0 Å². The van der Waals surface area contributed by atoms with Gasteiger partial charge in [0.05, 0.1) is 19.3 Å². The van der Waals surface area contributed by atoms with Gasteiger partial charge >= 0.3 is 5.97 Å². The van der Waals surface area contributed by atoms with E-state index in [1.807, 2.05) is 24.3 Å². The third kappa shape index (κ3) is 5.83. The Kier molecular flexibility index (Phi) is 8.38. The lowest BCUT2D eigenvalue weighted by atomic mass is 9.75. The van der Waals surface area contributed by atoms with Crippen LogP contribution < -0.4 is 0 Å². The first-order valence-corrected chi connectivity index (χ1v) is 13.0. The van der Waals surface area contributed by atoms with Crippen LogP contribution in [0.5, 0.6) is 0 Å². The van der Waals surface area contributed by atoms with Crippen molar-refractivity contribution < 1.29 is 18.7 Å². The van der Waals surface area contributed by atoms with Gasteiger partial charge < -0.3 is 9.64 Å². The highest BCUT2D eigenvalue weighted by Crippen LogP contribution is 2.43. The number of benzene rings is 2. The van der Waals surface area contributed by atoms with Crippen LogP contribution in [0.15, 0.2) is 42.5 Å². The van der Waals surface area contributed by atoms with Gasteiger partial charge in [-0.15, -0.1) is 0 Å². The quantitative estimate of drug-likeness (QED) is 0.249. The zero-order valence-electron chi connectivity index (χ0n) is 21.3. The Balaban J connectivity index is 1.58. The molecule has 35 heavy (non-hydrogen) atoms. The molecule has 1 aliphatic carbocycles. The zero-order chi connectivity index (χ0) is 24.9. The third-order valence-corrected chi connectivity index (χ3v) is 7.66. The van der Waals surface area contributed by atoms with Crippen LogP contribution in [0, 0.1) is 17.8 Å². The monoisotopic (exact) mass is 479 g/mol. The van der Waals surface area contributed by atoms with Crippen LogP contribution in [-0.2, 0) is 11.2 Å². The Labute approximate surface area is 208 Å². The first-order valence-electron chi connectivity index (χ1n) is 13.0. The van der Waals surface area contributed by atoms with E-state index in [1.165, 1.54) is 23.8 Å². The Morgan fingerprint density at radius 1 is 1.09 bits per heavy atom. The number of hydrogen-bond donors (Lipinski definition) is 0. The predicted octanol–water partition coefficient (Wildman–Crippen LogP) is 6.08. The van der Waals surface area contributed by atoms with Crippen molar-refractivity contribution in [2.45, 2.75) is 51.9 Å². The topological polar surface area (TPSA) is 46.6 Å². The predicted molar refractivity (Wildman–Crippen MR) is 137 cm³/mol. The van der Waals surface area contributed by atoms with Crippen molar-refractivity contribution in [2.24, 2.45) is 17.8 Å². The molecule has 0 saturated carbocycles. The fraction of sp³-hybridized carbons (Fsp3) is 0.533. The molecule has 0 spiro atoms. The summed E-state index contributed by atoms with van der Waals surface area (Å²) in [6, 6.07) is 14.3. The highest BCUT2D eigenvalue weighted by atomic mass is 19.1. The summed E-state index contributed by atoms with van der Waals surface area (Å²) >= 11 is 0. The van der Waals surface area contributed by atoms with Crippen LogP contribution >= 0.6 is 0 Å². The lowest BCUT2D eigenvalue weighted by Gasteiger charge is -2.38. The van der Waals surface area contributed by atoms with Crippen LogP contribution in [0.25, 0.3) is 0 Å². The number of esters is 1. The molecule has 4 nitrogen and oxygen atoms in total. The first-order chi connectivity index (χ1) is 16.9. The standard InChI is InChI=1S/C30H38FNO3/c1-20(2)16-24-7-4-6-23-17-25(30(34)35-3)12-13-27(23)28(24)21-8-10-22(11-9-21)29(33)26-18-32(19-26)15-5-14-31/h8-13,17,20,24,26,28H,4-7,14-16,18-19H2,1-3H3. The molecule has 2 aromatic rings. The van der Waals surface area contributed by atoms with E-state index >= 15 is 0 Å². The second-order valence-corrected chi connectivity index (χ2v) is 10.6. The number of methoxy groups -OCH3 is 1. The number of fused-ring (bicyclic) bond motifs is 1. The molecule has 0 radical (unpaired) electrons. The van der Waals surface area contributed by atoms with Crippen molar-refractivity contribution in [3.05, 3.63) is 70.3 Å². The SMILES string of the molecule is COC(=O)c1ccc2c(c1)CCCC(CC(C)C)C2c1ccc(C(=O)C2CN(CCCF)C2)cc1. The van der Waals surface area contributed by atoms with E-state index in [2.05, 4.69) is 36.9 Å². The maximum Gasteiger partial charge on any atom is 0.337 e. The molecule has 0 amide bonds. The maximum absolute atomic E-state index is 13.0. The van der Waals surface area contributed by atoms with Crippen molar-refractivity contribution in [3.63, 3.8) is 0 Å². The highest BCUT2D eigenvalue weighted by molar-refractivity contribution is 5.98. The molecule has 1 saturated heterocycles. The minimum atomic E-state index is -0.303. The van der Waals surface area contributed by atoms with Gasteiger partial charge in [-0.3, -0.25) is 9.18 Å². The number of nitrogens with zero attached hydrogens (tertiary/aromatic N) is 1. The molecular weight excluding hydrogens is 441 g/mol. The first kappa shape index (κ1) is 25.6. The average Bonchev–Trinajstić information content (AvgIpc) is 3.00. The summed E-state index contributed by atoms with van der Waals surface area (Å²) in [5.74, 6) is 1.26. The number of likely N-dealkylation sites (tertiary alicyclic amines) is 1. The molecule has 0 aromatic heterocycles. The molecule has 1 heterocycles. The molecule has 2 aliphatic rings. The van der Waals surface area contributed by atoms with Crippen molar-refractivity contribution in [2.75, 3.05) is 33.4 Å². The molecule has 1 fully saturated rings. The minimum absolute atomic E-state index is 0.0181. The minimum Gasteiger partial charge on any atom is -0.465 e. The molecule has 5 heteroatoms. The van der Waals surface area contributed by atoms with E-state index in [4.69, 9.17) is 4.74 Å². The van der Waals surface area contributed by atoms with Gasteiger partial charge in [0, 0.05) is 37.0 Å². The fourth-order valence-corrected chi connectivity index (χ4v) is 5.95. The summed E-state index contributed by atoms with van der Waals surface area (Å²) in [4.78, 5) is 27.3. The number of alkyl halides is 1. The van der Waals surface area contributed by atoms with Crippen molar-refractivity contribution in [1.82, 2.24) is 4.90 Å². The summed E-state index contributed by atoms with van der Waals surface area (Å²) in [5.41, 5.74) is 5.13. The van der Waals surface area contributed by atoms with Crippen molar-refractivity contribution in [1.29, 1.82) is 0 Å². The molecule has 1 aliphatic heterocycles. The van der Waals surface area contributed by atoms with Crippen LogP contribution in [0.1, 0.15) is 82.9 Å². The van der Waals surface area contributed by atoms with Crippen LogP contribution in [0.4, 0.5) is 4.39 Å². The molecule has 2 atom stereocenters. The van der Waals surface area contributed by atoms with Gasteiger partial charge in [-0.05, 0) is 72.8 Å². The summed E-state index contributed by atoms with van der Waals surface area (Å²) in [5, 5.41) is 0. The summed E-state index contributed by atoms with van der Waals surface area (Å²) in [6.07, 6.45) is 4.88. The van der Waals surface area contributed by atoms with E-state index in [0.717, 1.165) is 50.9 Å². The number of aryl methyl sites for hydroxylation is 1. The number of ketones is 1. The van der Waals surface area contributed by atoms with Gasteiger partial charge in [0.1, 0.15) is 0 Å². The number of Topliss-reactive ketones (excluding diaryl/α,β-unsaturated/α-hetero) is 1. The van der Waals surface area contributed by atoms with Crippen LogP contribution in [0.3, 0.4) is 0 Å². The van der Waals surface area contributed by atoms with Crippen LogP contribution in [-0.4, -0.2) is 50.1 Å². The van der Waals surface area contributed by atoms with E-state index in [0.29, 0.717) is 23.8 Å². The van der Waals surface area contributed by atoms with Gasteiger partial charge in [-0.25, -0.2) is 4.79 Å². The summed E-state index contributed by atoms with van der Waals surface area (Å²) in [6.45, 7) is 6.45. The smallest absolute Gasteiger partial charge is 0.337 e.